The maximum absolute atomic E-state index is 8.26. The molecule has 12 nitrogen and oxygen atoms in total. The van der Waals surface area contributed by atoms with Crippen LogP contribution in [0.25, 0.3) is 135 Å². The van der Waals surface area contributed by atoms with Gasteiger partial charge in [-0.2, -0.15) is 0 Å². The summed E-state index contributed by atoms with van der Waals surface area (Å²) in [5.74, 6) is 8.87. The average Bonchev–Trinajstić information content (AvgIpc) is 1.56. The molecule has 0 N–H and O–H groups in total. The van der Waals surface area contributed by atoms with Gasteiger partial charge < -0.3 is 14.2 Å². The molecular formula is C85H61N9O3. The van der Waals surface area contributed by atoms with E-state index in [2.05, 4.69) is 136 Å². The van der Waals surface area contributed by atoms with Crippen molar-refractivity contribution < 1.29 is 21.1 Å². The van der Waals surface area contributed by atoms with Gasteiger partial charge in [-0.25, -0.2) is 24.9 Å². The highest BCUT2D eigenvalue weighted by molar-refractivity contribution is 6.03. The first-order valence-electron chi connectivity index (χ1n) is 35.2. The highest BCUT2D eigenvalue weighted by Crippen LogP contribution is 2.48. The second kappa shape index (κ2) is 23.4. The van der Waals surface area contributed by atoms with E-state index in [-0.39, 0.29) is 35.8 Å². The number of aromatic nitrogens is 9. The number of hydrogen-bond donors (Lipinski definition) is 0. The van der Waals surface area contributed by atoms with Crippen LogP contribution < -0.4 is 14.2 Å². The number of fused-ring (bicyclic) bond motifs is 11. The van der Waals surface area contributed by atoms with E-state index in [1.165, 1.54) is 5.56 Å². The normalized spacial score (nSPS) is 12.9. The molecule has 5 aromatic heterocycles. The van der Waals surface area contributed by atoms with Gasteiger partial charge in [0.25, 0.3) is 0 Å². The SMILES string of the molecule is CCc1nc2c(-c3nc4ccccc4c4nc5ccccc5n34)ccc3c2n1-c1ccccc1O3.CCc1nc2c(/C=C/c3ccccc3)ccc3c2n1-c1ccccc1O3.[2H]c1c([2H])c([2H])c(-c2ccc(-c3ccc(-c4ccc5c6c4nc(CC)n6-c4ccccc4O5)cc3)cc2)c([2H])c1[2H]. The first-order valence-corrected chi connectivity index (χ1v) is 32.7. The quantitative estimate of drug-likeness (QED) is 0.131. The molecule has 0 radical (unpaired) electrons. The number of aryl methyl sites for hydroxylation is 3. The number of imidazole rings is 4. The van der Waals surface area contributed by atoms with Gasteiger partial charge in [0.1, 0.15) is 62.0 Å². The van der Waals surface area contributed by atoms with E-state index < -0.39 is 0 Å². The lowest BCUT2D eigenvalue weighted by molar-refractivity contribution is 0.474. The van der Waals surface area contributed by atoms with E-state index in [1.807, 2.05) is 140 Å². The maximum Gasteiger partial charge on any atom is 0.153 e. The fourth-order valence-corrected chi connectivity index (χ4v) is 13.8. The van der Waals surface area contributed by atoms with Crippen molar-refractivity contribution in [3.05, 3.63) is 295 Å². The van der Waals surface area contributed by atoms with Crippen molar-refractivity contribution in [3.63, 3.8) is 0 Å². The van der Waals surface area contributed by atoms with Crippen LogP contribution in [0.4, 0.5) is 0 Å². The summed E-state index contributed by atoms with van der Waals surface area (Å²) in [7, 11) is 0. The van der Waals surface area contributed by atoms with Gasteiger partial charge in [0.15, 0.2) is 34.5 Å². The van der Waals surface area contributed by atoms with Crippen molar-refractivity contribution >= 4 is 72.8 Å². The van der Waals surface area contributed by atoms with Gasteiger partial charge in [-0.05, 0) is 130 Å². The highest BCUT2D eigenvalue weighted by atomic mass is 16.5. The monoisotopic (exact) mass is 1260 g/mol. The van der Waals surface area contributed by atoms with Crippen LogP contribution in [-0.4, -0.2) is 43.0 Å². The Balaban J connectivity index is 0.000000112. The zero-order valence-electron chi connectivity index (χ0n) is 58.0. The number of rotatable bonds is 9. The summed E-state index contributed by atoms with van der Waals surface area (Å²) in [5.41, 5.74) is 20.7. The Bertz CT molecular complexity index is 6290. The van der Waals surface area contributed by atoms with Gasteiger partial charge in [0.05, 0.1) is 40.5 Å². The van der Waals surface area contributed by atoms with Crippen LogP contribution in [0.3, 0.4) is 0 Å². The minimum Gasteiger partial charge on any atom is -0.453 e. The highest BCUT2D eigenvalue weighted by Gasteiger charge is 2.30. The summed E-state index contributed by atoms with van der Waals surface area (Å²) in [5, 5.41) is 1.03. The smallest absolute Gasteiger partial charge is 0.153 e. The van der Waals surface area contributed by atoms with Crippen LogP contribution in [-0.2, 0) is 19.3 Å². The Morgan fingerprint density at radius 3 is 1.39 bits per heavy atom. The molecular weight excluding hydrogens is 1190 g/mol. The minimum atomic E-state index is -0.389. The van der Waals surface area contributed by atoms with Crippen LogP contribution in [0, 0.1) is 0 Å². The zero-order chi connectivity index (χ0) is 69.0. The van der Waals surface area contributed by atoms with Gasteiger partial charge in [-0.3, -0.25) is 18.1 Å². The van der Waals surface area contributed by atoms with Gasteiger partial charge in [-0.15, -0.1) is 0 Å². The molecule has 8 heterocycles. The number of benzene rings is 12. The van der Waals surface area contributed by atoms with E-state index in [1.54, 1.807) is 12.1 Å². The third kappa shape index (κ3) is 9.54. The van der Waals surface area contributed by atoms with Crippen LogP contribution in [0.1, 0.15) is 56.2 Å². The van der Waals surface area contributed by atoms with Crippen molar-refractivity contribution in [1.82, 2.24) is 43.0 Å². The molecule has 20 rings (SSSR count). The molecule has 0 fully saturated rings. The van der Waals surface area contributed by atoms with Crippen molar-refractivity contribution in [1.29, 1.82) is 0 Å². The Hall–Kier alpha value is -12.7. The number of nitrogens with zero attached hydrogens (tertiary/aromatic N) is 9. The van der Waals surface area contributed by atoms with E-state index in [0.717, 1.165) is 188 Å². The first-order chi connectivity index (χ1) is 50.0. The van der Waals surface area contributed by atoms with E-state index in [4.69, 9.17) is 46.0 Å². The van der Waals surface area contributed by atoms with Gasteiger partial charge in [0, 0.05) is 41.3 Å². The van der Waals surface area contributed by atoms with E-state index >= 15 is 0 Å². The number of ether oxygens (including phenoxy) is 3. The molecule has 12 heteroatoms. The van der Waals surface area contributed by atoms with Crippen molar-refractivity contribution in [2.24, 2.45) is 0 Å². The fraction of sp³-hybridized carbons (Fsp3) is 0.0706. The van der Waals surface area contributed by atoms with Crippen LogP contribution in [0.5, 0.6) is 34.5 Å². The summed E-state index contributed by atoms with van der Waals surface area (Å²) >= 11 is 0. The van der Waals surface area contributed by atoms with Gasteiger partial charge in [0.2, 0.25) is 0 Å². The molecule has 17 aromatic rings. The molecule has 3 aliphatic heterocycles. The van der Waals surface area contributed by atoms with Crippen molar-refractivity contribution in [2.75, 3.05) is 0 Å². The standard InChI is InChI=1S/C33H24N2O.C29H19N5O.C23H18N2O/c1-2-31-34-32-27(20-21-30-33(32)35(31)28-10-6-7-11-29(28)36-30)26-18-16-25(17-19-26)24-14-12-23(13-15-24)22-8-4-3-5-9-22;1-2-25-32-26-18(15-16-24-27(26)33(25)22-13-7-8-14-23(22)35-24)29-30-19-10-4-3-9-17(19)28-31-20-11-5-6-12-21(20)34(28)29;1-2-21-24-22-17(13-12-16-8-4-3-5-9-16)14-15-20-23(22)25(21)18-10-6-7-11-19(18)26-20/h3-21H,2H2,1H3;3-16H,2H2,1H3;3-15H,2H2,1H3/b;;13-12+/i3D,4D,5D,8D,9D;;. The summed E-state index contributed by atoms with van der Waals surface area (Å²) in [6.07, 6.45) is 6.71. The molecule has 0 unspecified atom stereocenters. The largest absolute Gasteiger partial charge is 0.453 e. The Morgan fingerprint density at radius 2 is 0.814 bits per heavy atom. The maximum atomic E-state index is 8.26. The third-order valence-electron chi connectivity index (χ3n) is 18.3. The lowest BCUT2D eigenvalue weighted by Gasteiger charge is -2.21. The van der Waals surface area contributed by atoms with Gasteiger partial charge in [-0.1, -0.05) is 203 Å². The molecule has 0 amide bonds. The predicted molar refractivity (Wildman–Crippen MR) is 390 cm³/mol. The number of para-hydroxylation sites is 9. The molecule has 0 atom stereocenters. The molecule has 0 aliphatic carbocycles. The second-order valence-electron chi connectivity index (χ2n) is 23.9. The summed E-state index contributed by atoms with van der Waals surface area (Å²) < 4.78 is 67.8. The zero-order valence-corrected chi connectivity index (χ0v) is 53.0. The Labute approximate surface area is 565 Å². The summed E-state index contributed by atoms with van der Waals surface area (Å²) in [6.45, 7) is 6.39. The molecule has 464 valence electrons. The second-order valence-corrected chi connectivity index (χ2v) is 23.9. The van der Waals surface area contributed by atoms with Gasteiger partial charge >= 0.3 is 0 Å². The van der Waals surface area contributed by atoms with Crippen molar-refractivity contribution in [3.8, 4) is 96.3 Å². The lowest BCUT2D eigenvalue weighted by atomic mass is 9.97. The molecule has 12 aromatic carbocycles. The van der Waals surface area contributed by atoms with Crippen LogP contribution in [0.15, 0.2) is 267 Å². The molecule has 0 saturated carbocycles. The molecule has 0 bridgehead atoms. The number of hydrogen-bond acceptors (Lipinski definition) is 8. The Morgan fingerprint density at radius 1 is 0.361 bits per heavy atom. The van der Waals surface area contributed by atoms with Crippen molar-refractivity contribution in [2.45, 2.75) is 40.0 Å². The molecule has 3 aliphatic rings. The molecule has 0 saturated heterocycles. The molecule has 97 heavy (non-hydrogen) atoms. The summed E-state index contributed by atoms with van der Waals surface area (Å²) in [6, 6.07) is 77.5. The Kier molecular flexibility index (Phi) is 12.5. The van der Waals surface area contributed by atoms with E-state index in [9.17, 15) is 0 Å². The molecule has 0 spiro atoms. The summed E-state index contributed by atoms with van der Waals surface area (Å²) in [4.78, 5) is 25.3. The predicted octanol–water partition coefficient (Wildman–Crippen LogP) is 21.3. The minimum absolute atomic E-state index is 0.201. The topological polar surface area (TPSA) is 111 Å². The van der Waals surface area contributed by atoms with Crippen LogP contribution in [0.2, 0.25) is 0 Å². The van der Waals surface area contributed by atoms with Crippen LogP contribution >= 0.6 is 0 Å². The fourth-order valence-electron chi connectivity index (χ4n) is 13.8. The average molecular weight is 1260 g/mol. The lowest BCUT2D eigenvalue weighted by Crippen LogP contribution is -2.07. The first kappa shape index (κ1) is 51.8. The third-order valence-corrected chi connectivity index (χ3v) is 18.3. The van der Waals surface area contributed by atoms with E-state index in [0.29, 0.717) is 5.56 Å².